The van der Waals surface area contributed by atoms with Gasteiger partial charge in [0, 0.05) is 26.5 Å². The molecule has 0 saturated heterocycles. The Morgan fingerprint density at radius 1 is 1.53 bits per heavy atom. The van der Waals surface area contributed by atoms with Crippen LogP contribution in [0.25, 0.3) is 0 Å². The fourth-order valence-corrected chi connectivity index (χ4v) is 2.49. The first-order valence-corrected chi connectivity index (χ1v) is 6.92. The molecule has 0 fully saturated rings. The molecule has 0 amide bonds. The van der Waals surface area contributed by atoms with E-state index in [0.717, 1.165) is 23.6 Å². The molecule has 0 aromatic carbocycles. The van der Waals surface area contributed by atoms with Crippen LogP contribution >= 0.6 is 11.5 Å². The van der Waals surface area contributed by atoms with Crippen LogP contribution in [0.2, 0.25) is 0 Å². The highest BCUT2D eigenvalue weighted by molar-refractivity contribution is 7.08. The van der Waals surface area contributed by atoms with Crippen molar-refractivity contribution in [2.45, 2.75) is 26.3 Å². The van der Waals surface area contributed by atoms with Gasteiger partial charge < -0.3 is 4.74 Å². The molecule has 0 aliphatic carbocycles. The Kier molecular flexibility index (Phi) is 4.75. The van der Waals surface area contributed by atoms with E-state index in [2.05, 4.69) is 14.7 Å². The minimum atomic E-state index is -0.0539. The molecule has 102 valence electrons. The predicted octanol–water partition coefficient (Wildman–Crippen LogP) is 1.56. The highest BCUT2D eigenvalue weighted by Crippen LogP contribution is 2.17. The Balaban J connectivity index is 2.18. The zero-order valence-corrected chi connectivity index (χ0v) is 11.8. The molecule has 0 N–H and O–H groups in total. The normalized spacial score (nSPS) is 10.8. The van der Waals surface area contributed by atoms with Crippen LogP contribution in [0.3, 0.4) is 0 Å². The Labute approximate surface area is 115 Å². The van der Waals surface area contributed by atoms with Crippen molar-refractivity contribution in [3.8, 4) is 0 Å². The third-order valence-corrected chi connectivity index (χ3v) is 3.53. The van der Waals surface area contributed by atoms with Gasteiger partial charge in [-0.1, -0.05) is 11.4 Å². The first-order valence-electron chi connectivity index (χ1n) is 6.14. The van der Waals surface area contributed by atoms with Crippen molar-refractivity contribution in [1.29, 1.82) is 0 Å². The van der Waals surface area contributed by atoms with E-state index in [1.54, 1.807) is 24.1 Å². The summed E-state index contributed by atoms with van der Waals surface area (Å²) < 4.78 is 10.6. The Hall–Kier alpha value is -1.60. The topological polar surface area (TPSA) is 69.9 Å². The van der Waals surface area contributed by atoms with Crippen molar-refractivity contribution in [1.82, 2.24) is 19.4 Å². The lowest BCUT2D eigenvalue weighted by Gasteiger charge is -2.05. The van der Waals surface area contributed by atoms with Crippen molar-refractivity contribution in [2.75, 3.05) is 13.7 Å². The molecule has 0 atom stereocenters. The van der Waals surface area contributed by atoms with Crippen LogP contribution in [-0.2, 0) is 17.7 Å². The second-order valence-corrected chi connectivity index (χ2v) is 4.77. The van der Waals surface area contributed by atoms with E-state index < -0.39 is 0 Å². The van der Waals surface area contributed by atoms with Gasteiger partial charge >= 0.3 is 0 Å². The standard InChI is InChI=1S/C12H16N4O2S/c1-3-9-12(19-15-14-9)11(17)10-5-6-13-16(10)7-4-8-18-2/h5-6H,3-4,7-8H2,1-2H3. The SMILES string of the molecule is CCc1nnsc1C(=O)c1ccnn1CCCOC. The maximum absolute atomic E-state index is 12.4. The van der Waals surface area contributed by atoms with Crippen molar-refractivity contribution < 1.29 is 9.53 Å². The summed E-state index contributed by atoms with van der Waals surface area (Å²) in [6, 6.07) is 1.73. The van der Waals surface area contributed by atoms with Crippen molar-refractivity contribution in [2.24, 2.45) is 0 Å². The summed E-state index contributed by atoms with van der Waals surface area (Å²) in [5, 5.41) is 8.15. The summed E-state index contributed by atoms with van der Waals surface area (Å²) in [5.74, 6) is -0.0539. The van der Waals surface area contributed by atoms with E-state index in [4.69, 9.17) is 4.74 Å². The smallest absolute Gasteiger partial charge is 0.224 e. The number of hydrogen-bond acceptors (Lipinski definition) is 6. The van der Waals surface area contributed by atoms with E-state index in [1.807, 2.05) is 6.92 Å². The lowest BCUT2D eigenvalue weighted by Crippen LogP contribution is -2.13. The summed E-state index contributed by atoms with van der Waals surface area (Å²) in [6.07, 6.45) is 3.16. The van der Waals surface area contributed by atoms with Crippen molar-refractivity contribution in [3.63, 3.8) is 0 Å². The molecule has 19 heavy (non-hydrogen) atoms. The van der Waals surface area contributed by atoms with Crippen LogP contribution in [0.1, 0.15) is 34.4 Å². The molecule has 0 aliphatic rings. The summed E-state index contributed by atoms with van der Waals surface area (Å²) in [6.45, 7) is 3.27. The maximum Gasteiger partial charge on any atom is 0.224 e. The van der Waals surface area contributed by atoms with Crippen LogP contribution in [0.15, 0.2) is 12.3 Å². The van der Waals surface area contributed by atoms with Gasteiger partial charge in [-0.05, 0) is 30.4 Å². The molecule has 2 rings (SSSR count). The molecular formula is C12H16N4O2S. The lowest BCUT2D eigenvalue weighted by molar-refractivity contribution is 0.103. The minimum Gasteiger partial charge on any atom is -0.385 e. The largest absolute Gasteiger partial charge is 0.385 e. The summed E-state index contributed by atoms with van der Waals surface area (Å²) >= 11 is 1.14. The van der Waals surface area contributed by atoms with Gasteiger partial charge in [0.25, 0.3) is 0 Å². The molecular weight excluding hydrogens is 264 g/mol. The fraction of sp³-hybridized carbons (Fsp3) is 0.500. The number of ether oxygens (including phenoxy) is 1. The fourth-order valence-electron chi connectivity index (χ4n) is 1.79. The van der Waals surface area contributed by atoms with E-state index in [-0.39, 0.29) is 5.78 Å². The van der Waals surface area contributed by atoms with Crippen LogP contribution < -0.4 is 0 Å². The molecule has 2 aromatic rings. The molecule has 0 aliphatic heterocycles. The van der Waals surface area contributed by atoms with Crippen LogP contribution in [0.4, 0.5) is 0 Å². The van der Waals surface area contributed by atoms with E-state index in [9.17, 15) is 4.79 Å². The molecule has 0 spiro atoms. The van der Waals surface area contributed by atoms with Crippen molar-refractivity contribution >= 4 is 17.3 Å². The van der Waals surface area contributed by atoms with Gasteiger partial charge in [-0.15, -0.1) is 5.10 Å². The number of aromatic nitrogens is 4. The number of hydrogen-bond donors (Lipinski definition) is 0. The Morgan fingerprint density at radius 3 is 3.11 bits per heavy atom. The summed E-state index contributed by atoms with van der Waals surface area (Å²) in [7, 11) is 1.66. The second kappa shape index (κ2) is 6.53. The van der Waals surface area contributed by atoms with Gasteiger partial charge in [0.1, 0.15) is 10.6 Å². The molecule has 6 nitrogen and oxygen atoms in total. The lowest BCUT2D eigenvalue weighted by atomic mass is 10.2. The molecule has 2 aromatic heterocycles. The van der Waals surface area contributed by atoms with Gasteiger partial charge in [0.15, 0.2) is 0 Å². The van der Waals surface area contributed by atoms with E-state index in [0.29, 0.717) is 30.1 Å². The summed E-state index contributed by atoms with van der Waals surface area (Å²) in [5.41, 5.74) is 1.33. The van der Waals surface area contributed by atoms with E-state index in [1.165, 1.54) is 0 Å². The highest BCUT2D eigenvalue weighted by Gasteiger charge is 2.20. The zero-order valence-electron chi connectivity index (χ0n) is 11.0. The quantitative estimate of drug-likeness (QED) is 0.568. The molecule has 0 bridgehead atoms. The monoisotopic (exact) mass is 280 g/mol. The third-order valence-electron chi connectivity index (χ3n) is 2.76. The molecule has 7 heteroatoms. The molecule has 2 heterocycles. The highest BCUT2D eigenvalue weighted by atomic mass is 32.1. The Morgan fingerprint density at radius 2 is 2.37 bits per heavy atom. The van der Waals surface area contributed by atoms with Crippen LogP contribution in [-0.4, -0.2) is 38.9 Å². The van der Waals surface area contributed by atoms with Gasteiger partial charge in [-0.3, -0.25) is 9.48 Å². The second-order valence-electron chi connectivity index (χ2n) is 4.02. The first-order chi connectivity index (χ1) is 9.27. The number of carbonyl (C=O) groups is 1. The van der Waals surface area contributed by atoms with Gasteiger partial charge in [-0.25, -0.2) is 0 Å². The first kappa shape index (κ1) is 13.8. The molecule has 0 radical (unpaired) electrons. The number of methoxy groups -OCH3 is 1. The average Bonchev–Trinajstić information content (AvgIpc) is 3.06. The Bertz CT molecular complexity index is 549. The van der Waals surface area contributed by atoms with Gasteiger partial charge in [0.05, 0.1) is 5.69 Å². The molecule has 0 unspecified atom stereocenters. The molecule has 0 saturated carbocycles. The zero-order chi connectivity index (χ0) is 13.7. The minimum absolute atomic E-state index is 0.0539. The predicted molar refractivity (Wildman–Crippen MR) is 71.4 cm³/mol. The number of ketones is 1. The van der Waals surface area contributed by atoms with Crippen molar-refractivity contribution in [3.05, 3.63) is 28.5 Å². The number of aryl methyl sites for hydroxylation is 2. The van der Waals surface area contributed by atoms with Crippen LogP contribution in [0.5, 0.6) is 0 Å². The van der Waals surface area contributed by atoms with E-state index >= 15 is 0 Å². The summed E-state index contributed by atoms with van der Waals surface area (Å²) in [4.78, 5) is 13.0. The van der Waals surface area contributed by atoms with Crippen LogP contribution in [0, 0.1) is 0 Å². The average molecular weight is 280 g/mol. The third kappa shape index (κ3) is 3.05. The number of rotatable bonds is 7. The van der Waals surface area contributed by atoms with Gasteiger partial charge in [0.2, 0.25) is 5.78 Å². The van der Waals surface area contributed by atoms with Gasteiger partial charge in [-0.2, -0.15) is 5.10 Å². The maximum atomic E-state index is 12.4. The number of nitrogens with zero attached hydrogens (tertiary/aromatic N) is 4. The number of carbonyl (C=O) groups excluding carboxylic acids is 1.